The van der Waals surface area contributed by atoms with Crippen molar-refractivity contribution in [1.82, 2.24) is 0 Å². The topological polar surface area (TPSA) is 84.6 Å². The van der Waals surface area contributed by atoms with E-state index >= 15 is 0 Å². The molecule has 0 aliphatic heterocycles. The Kier molecular flexibility index (Phi) is 3.71. The number of hydrogen-bond acceptors (Lipinski definition) is 5. The summed E-state index contributed by atoms with van der Waals surface area (Å²) in [5.74, 6) is -0.130. The van der Waals surface area contributed by atoms with Gasteiger partial charge in [-0.1, -0.05) is 0 Å². The predicted molar refractivity (Wildman–Crippen MR) is 60.5 cm³/mol. The molecule has 0 radical (unpaired) electrons. The Balaban J connectivity index is 2.73. The maximum Gasteiger partial charge on any atom is 0.269 e. The third-order valence-corrected chi connectivity index (χ3v) is 1.94. The lowest BCUT2D eigenvalue weighted by molar-refractivity contribution is -0.384. The highest BCUT2D eigenvalue weighted by Crippen LogP contribution is 2.15. The van der Waals surface area contributed by atoms with Gasteiger partial charge in [-0.05, 0) is 19.1 Å². The van der Waals surface area contributed by atoms with Crippen LogP contribution in [-0.2, 0) is 4.79 Å². The summed E-state index contributed by atoms with van der Waals surface area (Å²) in [5.41, 5.74) is 3.58. The SMILES string of the molecule is CC(=O)/C(C)=N/Nc1ccc([N+](=O)[O-])cc1. The third kappa shape index (κ3) is 3.16. The lowest BCUT2D eigenvalue weighted by Gasteiger charge is -2.00. The van der Waals surface area contributed by atoms with E-state index in [2.05, 4.69) is 10.5 Å². The highest BCUT2D eigenvalue weighted by molar-refractivity contribution is 6.38. The van der Waals surface area contributed by atoms with E-state index in [1.807, 2.05) is 0 Å². The number of carbonyl (C=O) groups excluding carboxylic acids is 1. The summed E-state index contributed by atoms with van der Waals surface area (Å²) in [6.07, 6.45) is 0. The fourth-order valence-corrected chi connectivity index (χ4v) is 0.885. The molecular weight excluding hydrogens is 210 g/mol. The van der Waals surface area contributed by atoms with Crippen LogP contribution in [0, 0.1) is 10.1 Å². The molecule has 84 valence electrons. The Morgan fingerprint density at radius 1 is 1.31 bits per heavy atom. The molecule has 0 aromatic heterocycles. The summed E-state index contributed by atoms with van der Waals surface area (Å²) < 4.78 is 0. The molecule has 0 saturated heterocycles. The lowest BCUT2D eigenvalue weighted by Crippen LogP contribution is -2.07. The van der Waals surface area contributed by atoms with Crippen molar-refractivity contribution in [3.63, 3.8) is 0 Å². The minimum absolute atomic E-state index is 0.0119. The molecule has 1 N–H and O–H groups in total. The van der Waals surface area contributed by atoms with E-state index in [0.29, 0.717) is 11.4 Å². The van der Waals surface area contributed by atoms with Crippen LogP contribution in [0.3, 0.4) is 0 Å². The first-order valence-corrected chi connectivity index (χ1v) is 4.56. The van der Waals surface area contributed by atoms with Gasteiger partial charge in [0, 0.05) is 19.1 Å². The summed E-state index contributed by atoms with van der Waals surface area (Å²) in [4.78, 5) is 20.8. The number of nitro groups is 1. The van der Waals surface area contributed by atoms with Gasteiger partial charge in [0.2, 0.25) is 0 Å². The van der Waals surface area contributed by atoms with Gasteiger partial charge >= 0.3 is 0 Å². The van der Waals surface area contributed by atoms with Crippen LogP contribution in [-0.4, -0.2) is 16.4 Å². The van der Waals surface area contributed by atoms with Gasteiger partial charge in [-0.15, -0.1) is 0 Å². The van der Waals surface area contributed by atoms with Crippen LogP contribution < -0.4 is 5.43 Å². The zero-order valence-electron chi connectivity index (χ0n) is 8.93. The molecule has 0 fully saturated rings. The molecule has 0 aliphatic rings. The quantitative estimate of drug-likeness (QED) is 0.478. The minimum atomic E-state index is -0.478. The van der Waals surface area contributed by atoms with Gasteiger partial charge < -0.3 is 0 Å². The summed E-state index contributed by atoms with van der Waals surface area (Å²) in [6.45, 7) is 3.00. The van der Waals surface area contributed by atoms with Crippen molar-refractivity contribution in [3.05, 3.63) is 34.4 Å². The summed E-state index contributed by atoms with van der Waals surface area (Å²) in [7, 11) is 0. The number of non-ortho nitro benzene ring substituents is 1. The van der Waals surface area contributed by atoms with Gasteiger partial charge in [-0.3, -0.25) is 20.3 Å². The zero-order chi connectivity index (χ0) is 12.1. The molecule has 6 heteroatoms. The number of nitro benzene ring substituents is 1. The fourth-order valence-electron chi connectivity index (χ4n) is 0.885. The number of ketones is 1. The predicted octanol–water partition coefficient (Wildman–Crippen LogP) is 1.97. The molecule has 1 aromatic carbocycles. The van der Waals surface area contributed by atoms with Crippen molar-refractivity contribution in [2.45, 2.75) is 13.8 Å². The summed E-state index contributed by atoms with van der Waals surface area (Å²) in [5, 5.41) is 14.2. The van der Waals surface area contributed by atoms with Crippen LogP contribution in [0.5, 0.6) is 0 Å². The van der Waals surface area contributed by atoms with Gasteiger partial charge in [0.1, 0.15) is 5.71 Å². The van der Waals surface area contributed by atoms with Gasteiger partial charge in [0.05, 0.1) is 10.6 Å². The Morgan fingerprint density at radius 2 is 1.88 bits per heavy atom. The molecule has 0 saturated carbocycles. The second-order valence-corrected chi connectivity index (χ2v) is 3.17. The number of rotatable bonds is 4. The van der Waals surface area contributed by atoms with E-state index in [9.17, 15) is 14.9 Å². The van der Waals surface area contributed by atoms with Crippen molar-refractivity contribution in [2.24, 2.45) is 5.10 Å². The summed E-state index contributed by atoms with van der Waals surface area (Å²) >= 11 is 0. The number of benzene rings is 1. The van der Waals surface area contributed by atoms with Crippen molar-refractivity contribution in [2.75, 3.05) is 5.43 Å². The Labute approximate surface area is 92.1 Å². The average molecular weight is 221 g/mol. The molecule has 1 rings (SSSR count). The van der Waals surface area contributed by atoms with Crippen molar-refractivity contribution in [1.29, 1.82) is 0 Å². The van der Waals surface area contributed by atoms with E-state index in [0.717, 1.165) is 0 Å². The number of nitrogens with one attached hydrogen (secondary N) is 1. The Morgan fingerprint density at radius 3 is 2.31 bits per heavy atom. The second-order valence-electron chi connectivity index (χ2n) is 3.17. The minimum Gasteiger partial charge on any atom is -0.293 e. The number of hydrazone groups is 1. The highest BCUT2D eigenvalue weighted by atomic mass is 16.6. The first-order valence-electron chi connectivity index (χ1n) is 4.56. The number of Topliss-reactive ketones (excluding diaryl/α,β-unsaturated/α-hetero) is 1. The van der Waals surface area contributed by atoms with Crippen LogP contribution in [0.2, 0.25) is 0 Å². The molecule has 0 aliphatic carbocycles. The van der Waals surface area contributed by atoms with Gasteiger partial charge in [0.25, 0.3) is 5.69 Å². The standard InChI is InChI=1S/C10H11N3O3/c1-7(8(2)14)11-12-9-3-5-10(6-4-9)13(15)16/h3-6,12H,1-2H3/b11-7+. The Bertz CT molecular complexity index is 437. The fraction of sp³-hybridized carbons (Fsp3) is 0.200. The molecule has 16 heavy (non-hydrogen) atoms. The number of carbonyl (C=O) groups is 1. The molecule has 1 aromatic rings. The van der Waals surface area contributed by atoms with E-state index in [-0.39, 0.29) is 11.5 Å². The lowest BCUT2D eigenvalue weighted by atomic mass is 10.3. The van der Waals surface area contributed by atoms with Gasteiger partial charge in [0.15, 0.2) is 5.78 Å². The van der Waals surface area contributed by atoms with Crippen LogP contribution in [0.1, 0.15) is 13.8 Å². The van der Waals surface area contributed by atoms with E-state index < -0.39 is 4.92 Å². The molecule has 0 heterocycles. The van der Waals surface area contributed by atoms with Crippen LogP contribution in [0.25, 0.3) is 0 Å². The van der Waals surface area contributed by atoms with E-state index in [1.54, 1.807) is 6.92 Å². The highest BCUT2D eigenvalue weighted by Gasteiger charge is 2.03. The van der Waals surface area contributed by atoms with Crippen molar-refractivity contribution >= 4 is 22.9 Å². The molecular formula is C10H11N3O3. The van der Waals surface area contributed by atoms with Crippen molar-refractivity contribution in [3.8, 4) is 0 Å². The maximum atomic E-state index is 10.8. The monoisotopic (exact) mass is 221 g/mol. The third-order valence-electron chi connectivity index (χ3n) is 1.94. The molecule has 0 amide bonds. The first kappa shape index (κ1) is 11.8. The maximum absolute atomic E-state index is 10.8. The number of nitrogens with zero attached hydrogens (tertiary/aromatic N) is 2. The molecule has 0 atom stereocenters. The largest absolute Gasteiger partial charge is 0.293 e. The molecule has 0 bridgehead atoms. The van der Waals surface area contributed by atoms with Crippen LogP contribution in [0.4, 0.5) is 11.4 Å². The summed E-state index contributed by atoms with van der Waals surface area (Å²) in [6, 6.07) is 5.77. The van der Waals surface area contributed by atoms with E-state index in [1.165, 1.54) is 31.2 Å². The molecule has 0 unspecified atom stereocenters. The number of anilines is 1. The smallest absolute Gasteiger partial charge is 0.269 e. The van der Waals surface area contributed by atoms with E-state index in [4.69, 9.17) is 0 Å². The Hall–Kier alpha value is -2.24. The molecule has 0 spiro atoms. The van der Waals surface area contributed by atoms with Gasteiger partial charge in [-0.25, -0.2) is 0 Å². The van der Waals surface area contributed by atoms with Crippen LogP contribution in [0.15, 0.2) is 29.4 Å². The van der Waals surface area contributed by atoms with Gasteiger partial charge in [-0.2, -0.15) is 5.10 Å². The second kappa shape index (κ2) is 5.01. The zero-order valence-corrected chi connectivity index (χ0v) is 8.93. The first-order chi connectivity index (χ1) is 7.50. The van der Waals surface area contributed by atoms with Crippen molar-refractivity contribution < 1.29 is 9.72 Å². The normalized spacial score (nSPS) is 11.0. The van der Waals surface area contributed by atoms with Crippen LogP contribution >= 0.6 is 0 Å². The molecule has 6 nitrogen and oxygen atoms in total. The number of hydrogen-bond donors (Lipinski definition) is 1. The average Bonchev–Trinajstić information content (AvgIpc) is 2.26.